The van der Waals surface area contributed by atoms with Crippen molar-refractivity contribution in [3.8, 4) is 0 Å². The molecule has 0 atom stereocenters. The monoisotopic (exact) mass is 243 g/mol. The first-order valence-corrected chi connectivity index (χ1v) is 5.61. The molecular weight excluding hydrogens is 226 g/mol. The van der Waals surface area contributed by atoms with Gasteiger partial charge in [0.1, 0.15) is 5.76 Å². The van der Waals surface area contributed by atoms with Crippen LogP contribution in [0.1, 0.15) is 18.6 Å². The van der Waals surface area contributed by atoms with Gasteiger partial charge in [0, 0.05) is 20.1 Å². The van der Waals surface area contributed by atoms with Crippen molar-refractivity contribution in [3.63, 3.8) is 0 Å². The summed E-state index contributed by atoms with van der Waals surface area (Å²) >= 11 is 5.05. The molecular formula is C10H17N3O2S. The molecule has 0 saturated heterocycles. The molecule has 0 fully saturated rings. The second kappa shape index (κ2) is 7.19. The van der Waals surface area contributed by atoms with E-state index in [1.54, 1.807) is 13.3 Å². The maximum absolute atomic E-state index is 5.42. The minimum Gasteiger partial charge on any atom is -0.444 e. The van der Waals surface area contributed by atoms with Gasteiger partial charge in [-0.1, -0.05) is 6.92 Å². The van der Waals surface area contributed by atoms with Gasteiger partial charge >= 0.3 is 0 Å². The number of hydrogen-bond donors (Lipinski definition) is 2. The molecule has 1 aromatic heterocycles. The normalized spacial score (nSPS) is 10.1. The van der Waals surface area contributed by atoms with Crippen LogP contribution in [0.25, 0.3) is 0 Å². The van der Waals surface area contributed by atoms with Crippen LogP contribution < -0.4 is 10.6 Å². The van der Waals surface area contributed by atoms with Crippen LogP contribution in [0.5, 0.6) is 0 Å². The van der Waals surface area contributed by atoms with Gasteiger partial charge in [0.05, 0.1) is 19.3 Å². The quantitative estimate of drug-likeness (QED) is 0.570. The van der Waals surface area contributed by atoms with Gasteiger partial charge in [-0.25, -0.2) is 4.98 Å². The summed E-state index contributed by atoms with van der Waals surface area (Å²) in [5, 5.41) is 6.58. The van der Waals surface area contributed by atoms with E-state index in [-0.39, 0.29) is 0 Å². The highest BCUT2D eigenvalue weighted by atomic mass is 32.1. The minimum atomic E-state index is 0.499. The van der Waals surface area contributed by atoms with Crippen molar-refractivity contribution < 1.29 is 9.15 Å². The summed E-state index contributed by atoms with van der Waals surface area (Å²) in [7, 11) is 1.65. The summed E-state index contributed by atoms with van der Waals surface area (Å²) in [5.74, 6) is 1.53. The number of nitrogens with zero attached hydrogens (tertiary/aromatic N) is 1. The molecule has 2 N–H and O–H groups in total. The third kappa shape index (κ3) is 4.59. The van der Waals surface area contributed by atoms with E-state index in [1.807, 2.05) is 6.92 Å². The van der Waals surface area contributed by atoms with E-state index in [0.717, 1.165) is 12.2 Å². The standard InChI is InChI=1S/C10H17N3O2S/c1-3-8-6-12-9(15-8)7-13-10(16)11-4-5-14-2/h6H,3-5,7H2,1-2H3,(H2,11,13,16). The molecule has 1 rings (SSSR count). The Hall–Kier alpha value is -1.14. The maximum atomic E-state index is 5.42. The summed E-state index contributed by atoms with van der Waals surface area (Å²) in [4.78, 5) is 4.11. The number of hydrogen-bond acceptors (Lipinski definition) is 4. The van der Waals surface area contributed by atoms with Crippen molar-refractivity contribution in [3.05, 3.63) is 17.8 Å². The Morgan fingerprint density at radius 2 is 2.38 bits per heavy atom. The van der Waals surface area contributed by atoms with Gasteiger partial charge in [0.2, 0.25) is 5.89 Å². The molecule has 0 bridgehead atoms. The van der Waals surface area contributed by atoms with Crippen LogP contribution in [-0.2, 0) is 17.7 Å². The number of oxazole rings is 1. The molecule has 0 aromatic carbocycles. The van der Waals surface area contributed by atoms with E-state index in [4.69, 9.17) is 21.4 Å². The van der Waals surface area contributed by atoms with Crippen molar-refractivity contribution in [2.24, 2.45) is 0 Å². The highest BCUT2D eigenvalue weighted by molar-refractivity contribution is 7.80. The third-order valence-electron chi connectivity index (χ3n) is 1.94. The smallest absolute Gasteiger partial charge is 0.213 e. The second-order valence-electron chi connectivity index (χ2n) is 3.18. The molecule has 0 aliphatic carbocycles. The Labute approximate surface area is 101 Å². The van der Waals surface area contributed by atoms with E-state index in [1.165, 1.54) is 0 Å². The third-order valence-corrected chi connectivity index (χ3v) is 2.23. The molecule has 0 unspecified atom stereocenters. The Kier molecular flexibility index (Phi) is 5.81. The van der Waals surface area contributed by atoms with Crippen molar-refractivity contribution in [1.29, 1.82) is 0 Å². The van der Waals surface area contributed by atoms with Gasteiger partial charge in [0.15, 0.2) is 5.11 Å². The first kappa shape index (κ1) is 12.9. The SMILES string of the molecule is CCc1cnc(CNC(=S)NCCOC)o1. The highest BCUT2D eigenvalue weighted by Gasteiger charge is 2.02. The number of rotatable bonds is 6. The highest BCUT2D eigenvalue weighted by Crippen LogP contribution is 2.03. The zero-order chi connectivity index (χ0) is 11.8. The van der Waals surface area contributed by atoms with E-state index in [2.05, 4.69) is 15.6 Å². The van der Waals surface area contributed by atoms with E-state index in [9.17, 15) is 0 Å². The first-order valence-electron chi connectivity index (χ1n) is 5.20. The second-order valence-corrected chi connectivity index (χ2v) is 3.58. The fourth-order valence-corrected chi connectivity index (χ4v) is 1.25. The molecule has 0 aliphatic rings. The van der Waals surface area contributed by atoms with Gasteiger partial charge < -0.3 is 19.8 Å². The zero-order valence-electron chi connectivity index (χ0n) is 9.58. The Balaban J connectivity index is 2.20. The fourth-order valence-electron chi connectivity index (χ4n) is 1.08. The molecule has 0 radical (unpaired) electrons. The van der Waals surface area contributed by atoms with Crippen molar-refractivity contribution in [1.82, 2.24) is 15.6 Å². The number of aromatic nitrogens is 1. The molecule has 0 saturated carbocycles. The van der Waals surface area contributed by atoms with Crippen LogP contribution in [-0.4, -0.2) is 30.4 Å². The van der Waals surface area contributed by atoms with Crippen LogP contribution >= 0.6 is 12.2 Å². The minimum absolute atomic E-state index is 0.499. The average Bonchev–Trinajstić information content (AvgIpc) is 2.74. The van der Waals surface area contributed by atoms with Crippen LogP contribution in [0.15, 0.2) is 10.6 Å². The summed E-state index contributed by atoms with van der Waals surface area (Å²) < 4.78 is 10.3. The molecule has 0 amide bonds. The summed E-state index contributed by atoms with van der Waals surface area (Å²) in [5.41, 5.74) is 0. The molecule has 1 aromatic rings. The molecule has 0 spiro atoms. The first-order chi connectivity index (χ1) is 7.76. The lowest BCUT2D eigenvalue weighted by Gasteiger charge is -2.07. The number of ether oxygens (including phenoxy) is 1. The predicted octanol–water partition coefficient (Wildman–Crippen LogP) is 0.848. The van der Waals surface area contributed by atoms with Crippen molar-refractivity contribution >= 4 is 17.3 Å². The number of aryl methyl sites for hydroxylation is 1. The van der Waals surface area contributed by atoms with E-state index in [0.29, 0.717) is 30.7 Å². The maximum Gasteiger partial charge on any atom is 0.213 e. The van der Waals surface area contributed by atoms with Crippen LogP contribution in [0.2, 0.25) is 0 Å². The van der Waals surface area contributed by atoms with Gasteiger partial charge in [-0.05, 0) is 12.2 Å². The lowest BCUT2D eigenvalue weighted by molar-refractivity contribution is 0.204. The Morgan fingerprint density at radius 3 is 3.00 bits per heavy atom. The molecule has 6 heteroatoms. The summed E-state index contributed by atoms with van der Waals surface area (Å²) in [6.07, 6.45) is 2.59. The number of nitrogens with one attached hydrogen (secondary N) is 2. The van der Waals surface area contributed by atoms with Crippen LogP contribution in [0.3, 0.4) is 0 Å². The zero-order valence-corrected chi connectivity index (χ0v) is 10.4. The molecule has 5 nitrogen and oxygen atoms in total. The molecule has 16 heavy (non-hydrogen) atoms. The predicted molar refractivity (Wildman–Crippen MR) is 65.2 cm³/mol. The van der Waals surface area contributed by atoms with E-state index >= 15 is 0 Å². The van der Waals surface area contributed by atoms with Gasteiger partial charge in [-0.15, -0.1) is 0 Å². The lowest BCUT2D eigenvalue weighted by Crippen LogP contribution is -2.36. The molecule has 1 heterocycles. The number of methoxy groups -OCH3 is 1. The Bertz CT molecular complexity index is 328. The number of thiocarbonyl (C=S) groups is 1. The van der Waals surface area contributed by atoms with Crippen molar-refractivity contribution in [2.45, 2.75) is 19.9 Å². The topological polar surface area (TPSA) is 59.3 Å². The lowest BCUT2D eigenvalue weighted by atomic mass is 10.4. The average molecular weight is 243 g/mol. The summed E-state index contributed by atoms with van der Waals surface area (Å²) in [6.45, 7) is 3.84. The van der Waals surface area contributed by atoms with Crippen LogP contribution in [0, 0.1) is 0 Å². The largest absolute Gasteiger partial charge is 0.444 e. The van der Waals surface area contributed by atoms with Crippen molar-refractivity contribution in [2.75, 3.05) is 20.3 Å². The van der Waals surface area contributed by atoms with Gasteiger partial charge in [0.25, 0.3) is 0 Å². The molecule has 0 aliphatic heterocycles. The van der Waals surface area contributed by atoms with Gasteiger partial charge in [-0.3, -0.25) is 0 Å². The summed E-state index contributed by atoms with van der Waals surface area (Å²) in [6, 6.07) is 0. The van der Waals surface area contributed by atoms with Crippen LogP contribution in [0.4, 0.5) is 0 Å². The van der Waals surface area contributed by atoms with E-state index < -0.39 is 0 Å². The fraction of sp³-hybridized carbons (Fsp3) is 0.600. The Morgan fingerprint density at radius 1 is 1.56 bits per heavy atom. The molecule has 90 valence electrons. The van der Waals surface area contributed by atoms with Gasteiger partial charge in [-0.2, -0.15) is 0 Å².